The van der Waals surface area contributed by atoms with Crippen LogP contribution in [0.4, 0.5) is 0 Å². The molecular weight excluding hydrogens is 464 g/mol. The van der Waals surface area contributed by atoms with Gasteiger partial charge in [-0.15, -0.1) is 0 Å². The normalized spacial score (nSPS) is 31.5. The van der Waals surface area contributed by atoms with Gasteiger partial charge in [-0.25, -0.2) is 0 Å². The van der Waals surface area contributed by atoms with E-state index in [1.165, 1.54) is 0 Å². The lowest BCUT2D eigenvalue weighted by Gasteiger charge is -2.20. The molecule has 0 amide bonds. The zero-order valence-corrected chi connectivity index (χ0v) is 16.4. The van der Waals surface area contributed by atoms with Crippen LogP contribution < -0.4 is 19.4 Å². The zero-order valence-electron chi connectivity index (χ0n) is 6.81. The van der Waals surface area contributed by atoms with Gasteiger partial charge in [0.25, 0.3) is 0 Å². The molecule has 0 saturated carbocycles. The third-order valence-corrected chi connectivity index (χ3v) is 19.9. The predicted molar refractivity (Wildman–Crippen MR) is 87.0 cm³/mol. The summed E-state index contributed by atoms with van der Waals surface area (Å²) in [6.45, 7) is 0. The van der Waals surface area contributed by atoms with E-state index in [9.17, 15) is 0 Å². The fourth-order valence-electron chi connectivity index (χ4n) is 0.720. The lowest BCUT2D eigenvalue weighted by molar-refractivity contribution is 1.39. The Kier molecular flexibility index (Phi) is 6.66. The molecule has 96 valence electrons. The lowest BCUT2D eigenvalue weighted by atomic mass is 13.8. The molecule has 16 heteroatoms. The molecule has 1 rings (SSSR count). The van der Waals surface area contributed by atoms with E-state index in [0.717, 1.165) is 0 Å². The molecule has 0 aromatic rings. The molecule has 1 aliphatic rings. The number of nitrogens with one attached hydrogen (secondary N) is 4. The molecule has 4 N–H and O–H groups in total. The van der Waals surface area contributed by atoms with Crippen LogP contribution in [0.5, 0.6) is 0 Å². The Hall–Kier alpha value is 3.88. The van der Waals surface area contributed by atoms with E-state index >= 15 is 0 Å². The van der Waals surface area contributed by atoms with Crippen LogP contribution in [0.1, 0.15) is 0 Å². The highest BCUT2D eigenvalue weighted by molar-refractivity contribution is 8.37. The van der Waals surface area contributed by atoms with Crippen LogP contribution in [0.25, 0.3) is 0 Å². The summed E-state index contributed by atoms with van der Waals surface area (Å²) in [6, 6.07) is 0. The van der Waals surface area contributed by atoms with Crippen LogP contribution in [0.15, 0.2) is 0 Å². The maximum atomic E-state index is 5.93. The molecule has 0 radical (unpaired) electrons. The van der Waals surface area contributed by atoms with Gasteiger partial charge in [0.2, 0.25) is 0 Å². The van der Waals surface area contributed by atoms with E-state index in [-0.39, 0.29) is 0 Å². The van der Waals surface area contributed by atoms with E-state index < -0.39 is 25.1 Å². The zero-order chi connectivity index (χ0) is 12.8. The van der Waals surface area contributed by atoms with Crippen LogP contribution >= 0.6 is 115 Å². The highest BCUT2D eigenvalue weighted by Crippen LogP contribution is 2.90. The maximum Gasteiger partial charge on any atom is 0.424 e. The Labute approximate surface area is 133 Å². The second kappa shape index (κ2) is 5.94. The molecule has 1 fully saturated rings. The molecule has 0 atom stereocenters. The molecule has 1 saturated heterocycles. The molecule has 0 unspecified atom stereocenters. The number of hydrogen-bond donors (Lipinski definition) is 4. The summed E-state index contributed by atoms with van der Waals surface area (Å²) in [5, 5.41) is 0. The minimum Gasteiger partial charge on any atom is 0.0327 e. The highest BCUT2D eigenvalue weighted by Gasteiger charge is 2.72. The minimum absolute atomic E-state index is 2.59. The van der Waals surface area contributed by atoms with Crippen molar-refractivity contribution in [1.29, 1.82) is 0 Å². The summed E-state index contributed by atoms with van der Waals surface area (Å²) in [4.78, 5) is 10.3. The summed E-state index contributed by atoms with van der Waals surface area (Å²) in [7, 11) is 0. The van der Waals surface area contributed by atoms with Gasteiger partial charge in [-0.1, -0.05) is 0 Å². The smallest absolute Gasteiger partial charge is 0.0327 e. The molecule has 1 heterocycles. The van der Waals surface area contributed by atoms with Gasteiger partial charge < -0.3 is 0 Å². The van der Waals surface area contributed by atoms with Crippen LogP contribution in [-0.2, 0) is 0 Å². The van der Waals surface area contributed by atoms with Crippen molar-refractivity contribution in [3.8, 4) is 0 Å². The van der Waals surface area contributed by atoms with Gasteiger partial charge in [-0.2, -0.15) is 0 Å². The molecule has 0 aromatic carbocycles. The van der Waals surface area contributed by atoms with E-state index in [2.05, 4.69) is 19.4 Å². The van der Waals surface area contributed by atoms with Crippen molar-refractivity contribution in [2.24, 2.45) is 0 Å². The molecule has 0 spiro atoms. The van der Waals surface area contributed by atoms with Crippen molar-refractivity contribution in [3.63, 3.8) is 0 Å². The van der Waals surface area contributed by atoms with E-state index in [1.807, 2.05) is 0 Å². The van der Waals surface area contributed by atoms with E-state index in [0.29, 0.717) is 0 Å². The average molecular weight is 468 g/mol. The Morgan fingerprint density at radius 2 is 0.500 bits per heavy atom. The molecular formula is H4Cl8N4P4+4. The van der Waals surface area contributed by atoms with Crippen molar-refractivity contribution in [2.45, 2.75) is 0 Å². The Morgan fingerprint density at radius 3 is 0.625 bits per heavy atom. The van der Waals surface area contributed by atoms with Crippen LogP contribution in [0, 0.1) is 0 Å². The van der Waals surface area contributed by atoms with Crippen molar-refractivity contribution in [2.75, 3.05) is 0 Å². The van der Waals surface area contributed by atoms with Crippen LogP contribution in [0.3, 0.4) is 0 Å². The van der Waals surface area contributed by atoms with Gasteiger partial charge >= 0.3 is 25.1 Å². The fourth-order valence-corrected chi connectivity index (χ4v) is 30.0. The molecule has 1 aliphatic heterocycles. The van der Waals surface area contributed by atoms with E-state index in [4.69, 9.17) is 89.9 Å². The first-order valence-corrected chi connectivity index (χ1v) is 17.5. The molecule has 16 heavy (non-hydrogen) atoms. The largest absolute Gasteiger partial charge is 0.424 e. The quantitative estimate of drug-likeness (QED) is 0.290. The van der Waals surface area contributed by atoms with Crippen molar-refractivity contribution < 1.29 is 0 Å². The summed E-state index contributed by atoms with van der Waals surface area (Å²) < 4.78 is 0. The summed E-state index contributed by atoms with van der Waals surface area (Å²) >= 11 is 47.4. The Morgan fingerprint density at radius 1 is 0.375 bits per heavy atom. The van der Waals surface area contributed by atoms with E-state index in [1.54, 1.807) is 0 Å². The first kappa shape index (κ1) is 17.9. The molecule has 0 aliphatic carbocycles. The summed E-state index contributed by atoms with van der Waals surface area (Å²) in [5.74, 6) is 0. The second-order valence-electron chi connectivity index (χ2n) is 2.46. The standard InChI is InChI=1S/Cl8H4N4P4/c1-13(2)9-14(3,4)11-16(7,8)12-15(5,6)10-13/h9-12H/q+4. The first-order valence-electron chi connectivity index (χ1n) is 3.14. The maximum absolute atomic E-state index is 5.93. The number of halogens is 8. The van der Waals surface area contributed by atoms with Gasteiger partial charge in [-0.05, 0) is 0 Å². The third kappa shape index (κ3) is 6.55. The van der Waals surface area contributed by atoms with Crippen molar-refractivity contribution in [3.05, 3.63) is 0 Å². The van der Waals surface area contributed by atoms with Crippen LogP contribution in [-0.4, -0.2) is 0 Å². The predicted octanol–water partition coefficient (Wildman–Crippen LogP) is 6.98. The number of rotatable bonds is 0. The monoisotopic (exact) mass is 464 g/mol. The fraction of sp³-hybridized carbons (Fsp3) is 0. The van der Waals surface area contributed by atoms with Gasteiger partial charge in [0, 0.05) is 19.4 Å². The van der Waals surface area contributed by atoms with Crippen LogP contribution in [0.2, 0.25) is 0 Å². The van der Waals surface area contributed by atoms with Gasteiger partial charge in [0.05, 0.1) is 0 Å². The first-order chi connectivity index (χ1) is 6.83. The average Bonchev–Trinajstić information content (AvgIpc) is 1.67. The molecule has 0 aromatic heterocycles. The summed E-state index contributed by atoms with van der Waals surface area (Å²) in [5.41, 5.74) is 0. The summed E-state index contributed by atoms with van der Waals surface area (Å²) in [6.07, 6.45) is -11.7. The van der Waals surface area contributed by atoms with Crippen molar-refractivity contribution in [1.82, 2.24) is 19.4 Å². The molecule has 4 nitrogen and oxygen atoms in total. The number of hydrogen-bond acceptors (Lipinski definition) is 4. The third-order valence-electron chi connectivity index (χ3n) is 1.00. The molecule has 0 bridgehead atoms. The topological polar surface area (TPSA) is 48.1 Å². The SMILES string of the molecule is Cl[P+]1(Cl)N[P+](Cl)(Cl)N[P+](Cl)(Cl)N[P+](Cl)(Cl)N1. The Balaban J connectivity index is 2.98. The lowest BCUT2D eigenvalue weighted by Crippen LogP contribution is -2.31. The highest BCUT2D eigenvalue weighted by atomic mass is 35.9. The van der Waals surface area contributed by atoms with Crippen molar-refractivity contribution >= 4 is 115 Å². The second-order valence-corrected chi connectivity index (χ2v) is 24.0. The van der Waals surface area contributed by atoms with Gasteiger partial charge in [0.15, 0.2) is 89.9 Å². The minimum atomic E-state index is -2.92. The Bertz CT molecular complexity index is 205. The van der Waals surface area contributed by atoms with Gasteiger partial charge in [-0.3, -0.25) is 0 Å². The van der Waals surface area contributed by atoms with Gasteiger partial charge in [0.1, 0.15) is 0 Å².